The first-order valence-electron chi connectivity index (χ1n) is 5.01. The molecule has 1 atom stereocenters. The van der Waals surface area contributed by atoms with E-state index in [1.54, 1.807) is 0 Å². The Labute approximate surface area is 87.8 Å². The molecule has 0 saturated carbocycles. The number of aryl methyl sites for hydroxylation is 1. The fourth-order valence-electron chi connectivity index (χ4n) is 1.48. The van der Waals surface area contributed by atoms with Gasteiger partial charge in [0.1, 0.15) is 0 Å². The molecule has 1 aromatic rings. The van der Waals surface area contributed by atoms with E-state index in [9.17, 15) is 0 Å². The van der Waals surface area contributed by atoms with E-state index in [1.165, 1.54) is 5.75 Å². The van der Waals surface area contributed by atoms with Gasteiger partial charge in [0, 0.05) is 36.9 Å². The van der Waals surface area contributed by atoms with Gasteiger partial charge >= 0.3 is 0 Å². The van der Waals surface area contributed by atoms with Crippen LogP contribution in [0.2, 0.25) is 0 Å². The van der Waals surface area contributed by atoms with Crippen molar-refractivity contribution in [2.24, 2.45) is 0 Å². The van der Waals surface area contributed by atoms with E-state index in [0.29, 0.717) is 6.04 Å². The Balaban J connectivity index is 1.89. The summed E-state index contributed by atoms with van der Waals surface area (Å²) >= 11 is 1.98. The molecular weight excluding hydrogens is 198 g/mol. The highest BCUT2D eigenvalue weighted by atomic mass is 32.2. The van der Waals surface area contributed by atoms with Gasteiger partial charge in [0.15, 0.2) is 5.82 Å². The summed E-state index contributed by atoms with van der Waals surface area (Å²) in [6, 6.07) is 0.499. The Kier molecular flexibility index (Phi) is 3.42. The zero-order chi connectivity index (χ0) is 9.80. The van der Waals surface area contributed by atoms with Crippen LogP contribution in [0.4, 0.5) is 0 Å². The molecule has 1 N–H and O–H groups in total. The molecule has 78 valence electrons. The third-order valence-electron chi connectivity index (χ3n) is 2.25. The number of nitrogens with one attached hydrogen (secondary N) is 1. The molecule has 0 aliphatic carbocycles. The maximum Gasteiger partial charge on any atom is 0.228 e. The number of rotatable bonds is 3. The fraction of sp³-hybridized carbons (Fsp3) is 0.778. The molecule has 2 rings (SSSR count). The maximum atomic E-state index is 5.15. The zero-order valence-corrected chi connectivity index (χ0v) is 9.14. The number of hydrogen-bond acceptors (Lipinski definition) is 5. The van der Waals surface area contributed by atoms with E-state index in [0.717, 1.165) is 36.9 Å². The lowest BCUT2D eigenvalue weighted by Crippen LogP contribution is -2.38. The van der Waals surface area contributed by atoms with Crippen LogP contribution in [0.1, 0.15) is 18.6 Å². The van der Waals surface area contributed by atoms with E-state index >= 15 is 0 Å². The van der Waals surface area contributed by atoms with Crippen LogP contribution in [0.3, 0.4) is 0 Å². The lowest BCUT2D eigenvalue weighted by molar-refractivity contribution is 0.359. The normalized spacial score (nSPS) is 22.5. The van der Waals surface area contributed by atoms with Crippen molar-refractivity contribution < 1.29 is 4.52 Å². The molecule has 1 aliphatic rings. The Morgan fingerprint density at radius 2 is 2.57 bits per heavy atom. The van der Waals surface area contributed by atoms with Crippen LogP contribution in [0.15, 0.2) is 4.52 Å². The molecule has 1 aromatic heterocycles. The largest absolute Gasteiger partial charge is 0.339 e. The van der Waals surface area contributed by atoms with Crippen molar-refractivity contribution in [1.82, 2.24) is 15.5 Å². The van der Waals surface area contributed by atoms with Crippen LogP contribution in [-0.2, 0) is 12.8 Å². The minimum absolute atomic E-state index is 0.499. The summed E-state index contributed by atoms with van der Waals surface area (Å²) in [6.45, 7) is 3.12. The molecule has 0 spiro atoms. The lowest BCUT2D eigenvalue weighted by atomic mass is 10.2. The summed E-state index contributed by atoms with van der Waals surface area (Å²) in [5.74, 6) is 3.93. The standard InChI is InChI=1S/C9H15N3OS/c1-2-8-11-9(13-12-8)5-7-6-14-4-3-10-7/h7,10H,2-6H2,1H3. The first kappa shape index (κ1) is 9.98. The minimum Gasteiger partial charge on any atom is -0.339 e. The highest BCUT2D eigenvalue weighted by Crippen LogP contribution is 2.11. The quantitative estimate of drug-likeness (QED) is 0.807. The van der Waals surface area contributed by atoms with Gasteiger partial charge in [0.2, 0.25) is 5.89 Å². The summed E-state index contributed by atoms with van der Waals surface area (Å²) in [5, 5.41) is 7.33. The van der Waals surface area contributed by atoms with E-state index in [2.05, 4.69) is 15.5 Å². The van der Waals surface area contributed by atoms with Gasteiger partial charge in [0.25, 0.3) is 0 Å². The Hall–Kier alpha value is -0.550. The van der Waals surface area contributed by atoms with Crippen molar-refractivity contribution in [2.45, 2.75) is 25.8 Å². The number of aromatic nitrogens is 2. The molecular formula is C9H15N3OS. The van der Waals surface area contributed by atoms with Crippen molar-refractivity contribution in [1.29, 1.82) is 0 Å². The minimum atomic E-state index is 0.499. The first-order valence-corrected chi connectivity index (χ1v) is 6.16. The zero-order valence-electron chi connectivity index (χ0n) is 8.32. The monoisotopic (exact) mass is 213 g/mol. The van der Waals surface area contributed by atoms with Gasteiger partial charge < -0.3 is 9.84 Å². The van der Waals surface area contributed by atoms with Crippen LogP contribution >= 0.6 is 11.8 Å². The smallest absolute Gasteiger partial charge is 0.228 e. The first-order chi connectivity index (χ1) is 6.88. The molecule has 2 heterocycles. The molecule has 0 amide bonds. The third-order valence-corrected chi connectivity index (χ3v) is 3.38. The lowest BCUT2D eigenvalue weighted by Gasteiger charge is -2.21. The summed E-state index contributed by atoms with van der Waals surface area (Å²) in [6.07, 6.45) is 1.70. The van der Waals surface area contributed by atoms with Crippen LogP contribution in [-0.4, -0.2) is 34.2 Å². The van der Waals surface area contributed by atoms with Crippen molar-refractivity contribution >= 4 is 11.8 Å². The molecule has 1 aliphatic heterocycles. The van der Waals surface area contributed by atoms with Crippen molar-refractivity contribution in [3.63, 3.8) is 0 Å². The molecule has 14 heavy (non-hydrogen) atoms. The van der Waals surface area contributed by atoms with Crippen LogP contribution in [0.25, 0.3) is 0 Å². The van der Waals surface area contributed by atoms with Gasteiger partial charge in [-0.15, -0.1) is 0 Å². The average Bonchev–Trinajstić information content (AvgIpc) is 2.67. The molecule has 1 fully saturated rings. The van der Waals surface area contributed by atoms with Crippen LogP contribution in [0, 0.1) is 0 Å². The Morgan fingerprint density at radius 3 is 3.21 bits per heavy atom. The van der Waals surface area contributed by atoms with E-state index < -0.39 is 0 Å². The number of hydrogen-bond donors (Lipinski definition) is 1. The second-order valence-corrected chi connectivity index (χ2v) is 4.54. The summed E-state index contributed by atoms with van der Waals surface area (Å²) < 4.78 is 5.15. The Morgan fingerprint density at radius 1 is 1.64 bits per heavy atom. The summed E-state index contributed by atoms with van der Waals surface area (Å²) in [5.41, 5.74) is 0. The van der Waals surface area contributed by atoms with E-state index in [-0.39, 0.29) is 0 Å². The van der Waals surface area contributed by atoms with Gasteiger partial charge in [-0.3, -0.25) is 0 Å². The average molecular weight is 213 g/mol. The highest BCUT2D eigenvalue weighted by Gasteiger charge is 2.16. The summed E-state index contributed by atoms with van der Waals surface area (Å²) in [7, 11) is 0. The van der Waals surface area contributed by atoms with Gasteiger partial charge in [0.05, 0.1) is 0 Å². The molecule has 4 nitrogen and oxygen atoms in total. The second-order valence-electron chi connectivity index (χ2n) is 3.39. The topological polar surface area (TPSA) is 51.0 Å². The SMILES string of the molecule is CCc1noc(CC2CSCCN2)n1. The fourth-order valence-corrected chi connectivity index (χ4v) is 2.43. The molecule has 1 unspecified atom stereocenters. The molecule has 1 saturated heterocycles. The van der Waals surface area contributed by atoms with Crippen molar-refractivity contribution in [3.8, 4) is 0 Å². The van der Waals surface area contributed by atoms with Crippen LogP contribution < -0.4 is 5.32 Å². The predicted molar refractivity (Wildman–Crippen MR) is 56.5 cm³/mol. The molecule has 0 aromatic carbocycles. The van der Waals surface area contributed by atoms with Crippen LogP contribution in [0.5, 0.6) is 0 Å². The van der Waals surface area contributed by atoms with Gasteiger partial charge in [-0.1, -0.05) is 12.1 Å². The third kappa shape index (κ3) is 2.48. The Bertz CT molecular complexity index is 283. The maximum absolute atomic E-state index is 5.15. The van der Waals surface area contributed by atoms with E-state index in [4.69, 9.17) is 4.52 Å². The summed E-state index contributed by atoms with van der Waals surface area (Å²) in [4.78, 5) is 4.30. The molecule has 5 heteroatoms. The van der Waals surface area contributed by atoms with Crippen molar-refractivity contribution in [3.05, 3.63) is 11.7 Å². The van der Waals surface area contributed by atoms with Crippen molar-refractivity contribution in [2.75, 3.05) is 18.1 Å². The highest BCUT2D eigenvalue weighted by molar-refractivity contribution is 7.99. The van der Waals surface area contributed by atoms with Gasteiger partial charge in [-0.05, 0) is 0 Å². The molecule has 0 radical (unpaired) electrons. The number of nitrogens with zero attached hydrogens (tertiary/aromatic N) is 2. The van der Waals surface area contributed by atoms with Gasteiger partial charge in [-0.2, -0.15) is 16.7 Å². The second kappa shape index (κ2) is 4.79. The molecule has 0 bridgehead atoms. The number of thioether (sulfide) groups is 1. The predicted octanol–water partition coefficient (Wildman–Crippen LogP) is 0.879. The van der Waals surface area contributed by atoms with E-state index in [1.807, 2.05) is 18.7 Å². The van der Waals surface area contributed by atoms with Gasteiger partial charge in [-0.25, -0.2) is 0 Å².